The zero-order valence-corrected chi connectivity index (χ0v) is 20.3. The molecule has 10 heteroatoms. The van der Waals surface area contributed by atoms with Crippen molar-refractivity contribution in [3.63, 3.8) is 0 Å². The lowest BCUT2D eigenvalue weighted by molar-refractivity contribution is -0.253. The van der Waals surface area contributed by atoms with Gasteiger partial charge in [-0.25, -0.2) is 8.78 Å². The van der Waals surface area contributed by atoms with Crippen LogP contribution in [0.4, 0.5) is 26.3 Å². The third kappa shape index (κ3) is 6.88. The maximum Gasteiger partial charge on any atom is 0.461 e. The van der Waals surface area contributed by atoms with Crippen molar-refractivity contribution in [1.82, 2.24) is 5.32 Å². The van der Waals surface area contributed by atoms with Crippen molar-refractivity contribution in [3.8, 4) is 5.75 Å². The fourth-order valence-corrected chi connectivity index (χ4v) is 4.24. The van der Waals surface area contributed by atoms with Crippen LogP contribution in [-0.4, -0.2) is 29.6 Å². The molecule has 4 nitrogen and oxygen atoms in total. The van der Waals surface area contributed by atoms with Crippen LogP contribution in [0.3, 0.4) is 0 Å². The van der Waals surface area contributed by atoms with Crippen molar-refractivity contribution in [1.29, 1.82) is 0 Å². The number of alkyl halides is 4. The molecule has 0 bridgehead atoms. The van der Waals surface area contributed by atoms with Crippen LogP contribution in [0, 0.1) is 11.6 Å². The molecule has 0 aliphatic carbocycles. The third-order valence-electron chi connectivity index (χ3n) is 6.11. The van der Waals surface area contributed by atoms with Crippen molar-refractivity contribution in [2.45, 2.75) is 37.5 Å². The first-order valence-corrected chi connectivity index (χ1v) is 11.9. The summed E-state index contributed by atoms with van der Waals surface area (Å²) in [7, 11) is 0. The maximum absolute atomic E-state index is 14.2. The molecular formula is C29H23F6NO3. The average Bonchev–Trinajstić information content (AvgIpc) is 2.90. The van der Waals surface area contributed by atoms with Gasteiger partial charge in [0, 0.05) is 5.39 Å². The molecule has 0 aromatic heterocycles. The number of amides is 1. The predicted molar refractivity (Wildman–Crippen MR) is 133 cm³/mol. The first-order chi connectivity index (χ1) is 18.5. The van der Waals surface area contributed by atoms with Crippen molar-refractivity contribution < 1.29 is 41.0 Å². The summed E-state index contributed by atoms with van der Waals surface area (Å²) in [5, 5.41) is 14.6. The fourth-order valence-electron chi connectivity index (χ4n) is 4.24. The van der Waals surface area contributed by atoms with Gasteiger partial charge in [0.2, 0.25) is 5.91 Å². The molecule has 0 radical (unpaired) electrons. The molecule has 0 spiro atoms. The number of nitrogens with one attached hydrogen (secondary N) is 1. The highest BCUT2D eigenvalue weighted by molar-refractivity contribution is 5.90. The minimum absolute atomic E-state index is 0.119. The van der Waals surface area contributed by atoms with Crippen molar-refractivity contribution in [2.24, 2.45) is 0 Å². The quantitative estimate of drug-likeness (QED) is 0.227. The Morgan fingerprint density at radius 3 is 2.28 bits per heavy atom. The lowest BCUT2D eigenvalue weighted by Gasteiger charge is -2.25. The van der Waals surface area contributed by atoms with Crippen LogP contribution in [0.2, 0.25) is 0 Å². The number of aliphatic hydroxyl groups excluding tert-OH is 1. The Hall–Kier alpha value is -4.05. The molecule has 204 valence electrons. The molecule has 0 aliphatic heterocycles. The molecule has 2 N–H and O–H groups in total. The normalized spacial score (nSPS) is 13.3. The first kappa shape index (κ1) is 28.0. The second-order valence-electron chi connectivity index (χ2n) is 8.92. The van der Waals surface area contributed by atoms with Crippen molar-refractivity contribution >= 4 is 16.7 Å². The number of hydrogen-bond acceptors (Lipinski definition) is 3. The van der Waals surface area contributed by atoms with Gasteiger partial charge in [0.05, 0.1) is 18.6 Å². The van der Waals surface area contributed by atoms with Gasteiger partial charge in [0.1, 0.15) is 17.4 Å². The molecule has 0 saturated heterocycles. The van der Waals surface area contributed by atoms with E-state index < -0.39 is 48.0 Å². The Morgan fingerprint density at radius 2 is 1.59 bits per heavy atom. The summed E-state index contributed by atoms with van der Waals surface area (Å²) in [6, 6.07) is 18.2. The average molecular weight is 547 g/mol. The van der Waals surface area contributed by atoms with E-state index in [1.165, 1.54) is 36.4 Å². The molecular weight excluding hydrogens is 524 g/mol. The molecule has 0 unspecified atom stereocenters. The number of carbonyl (C=O) groups is 1. The standard InChI is InChI=1S/C29H23F6NO3/c30-20-11-8-18(9-12-20)27(38)25(15-17-4-3-5-21(14-17)39-29(34,35)28(32)33)36-26(37)16-19-10-13-24(31)23-7-2-1-6-22(19)23/h1-14,25,27-28,38H,15-16H2,(H,36,37)/t25-,27+/m1/s1. The number of halogens is 6. The smallest absolute Gasteiger partial charge is 0.428 e. The Kier molecular flexibility index (Phi) is 8.44. The molecule has 0 aliphatic rings. The molecule has 2 atom stereocenters. The number of rotatable bonds is 10. The summed E-state index contributed by atoms with van der Waals surface area (Å²) in [5.41, 5.74) is 1.09. The number of fused-ring (bicyclic) bond motifs is 1. The van der Waals surface area contributed by atoms with Gasteiger partial charge in [-0.05, 0) is 58.8 Å². The van der Waals surface area contributed by atoms with E-state index in [-0.39, 0.29) is 24.0 Å². The van der Waals surface area contributed by atoms with E-state index in [4.69, 9.17) is 0 Å². The molecule has 0 saturated carbocycles. The van der Waals surface area contributed by atoms with Gasteiger partial charge in [-0.1, -0.05) is 54.6 Å². The summed E-state index contributed by atoms with van der Waals surface area (Å²) >= 11 is 0. The summed E-state index contributed by atoms with van der Waals surface area (Å²) in [6.45, 7) is 0. The SMILES string of the molecule is O=C(Cc1ccc(F)c2ccccc12)N[C@H](Cc1cccc(OC(F)(F)C(F)F)c1)[C@@H](O)c1ccc(F)cc1. The zero-order valence-electron chi connectivity index (χ0n) is 20.3. The summed E-state index contributed by atoms with van der Waals surface area (Å²) in [6.07, 6.45) is -10.4. The minimum atomic E-state index is -4.71. The predicted octanol–water partition coefficient (Wildman–Crippen LogP) is 6.36. The second-order valence-corrected chi connectivity index (χ2v) is 8.92. The van der Waals surface area contributed by atoms with E-state index in [1.807, 2.05) is 0 Å². The second kappa shape index (κ2) is 11.8. The molecule has 4 aromatic carbocycles. The molecule has 0 fully saturated rings. The van der Waals surface area contributed by atoms with Crippen LogP contribution >= 0.6 is 0 Å². The van der Waals surface area contributed by atoms with Gasteiger partial charge in [-0.3, -0.25) is 4.79 Å². The van der Waals surface area contributed by atoms with Crippen LogP contribution in [0.1, 0.15) is 22.8 Å². The van der Waals surface area contributed by atoms with Gasteiger partial charge in [0.25, 0.3) is 0 Å². The minimum Gasteiger partial charge on any atom is -0.428 e. The number of aliphatic hydroxyl groups is 1. The van der Waals surface area contributed by atoms with Crippen LogP contribution in [0.15, 0.2) is 84.9 Å². The third-order valence-corrected chi connectivity index (χ3v) is 6.11. The van der Waals surface area contributed by atoms with Gasteiger partial charge < -0.3 is 15.2 Å². The largest absolute Gasteiger partial charge is 0.461 e. The lowest BCUT2D eigenvalue weighted by atomic mass is 9.95. The number of ether oxygens (including phenoxy) is 1. The Labute approximate surface area is 219 Å². The monoisotopic (exact) mass is 547 g/mol. The van der Waals surface area contributed by atoms with Crippen LogP contribution in [-0.2, 0) is 17.6 Å². The number of carbonyl (C=O) groups excluding carboxylic acids is 1. The van der Waals surface area contributed by atoms with E-state index in [1.54, 1.807) is 24.3 Å². The van der Waals surface area contributed by atoms with Crippen LogP contribution in [0.25, 0.3) is 10.8 Å². The Morgan fingerprint density at radius 1 is 0.897 bits per heavy atom. The van der Waals surface area contributed by atoms with E-state index >= 15 is 0 Å². The number of hydrogen-bond donors (Lipinski definition) is 2. The van der Waals surface area contributed by atoms with E-state index in [2.05, 4.69) is 10.1 Å². The molecule has 0 heterocycles. The Balaban J connectivity index is 1.58. The van der Waals surface area contributed by atoms with Crippen molar-refractivity contribution in [3.05, 3.63) is 113 Å². The molecule has 4 rings (SSSR count). The highest BCUT2D eigenvalue weighted by Gasteiger charge is 2.44. The van der Waals surface area contributed by atoms with Crippen LogP contribution in [0.5, 0.6) is 5.75 Å². The summed E-state index contributed by atoms with van der Waals surface area (Å²) in [5.74, 6) is -2.05. The Bertz CT molecular complexity index is 1440. The molecule has 1 amide bonds. The van der Waals surface area contributed by atoms with E-state index in [0.717, 1.165) is 24.3 Å². The van der Waals surface area contributed by atoms with Gasteiger partial charge >= 0.3 is 12.5 Å². The summed E-state index contributed by atoms with van der Waals surface area (Å²) in [4.78, 5) is 13.1. The van der Waals surface area contributed by atoms with Gasteiger partial charge in [-0.15, -0.1) is 0 Å². The van der Waals surface area contributed by atoms with E-state index in [0.29, 0.717) is 16.3 Å². The topological polar surface area (TPSA) is 58.6 Å². The molecule has 4 aromatic rings. The highest BCUT2D eigenvalue weighted by Crippen LogP contribution is 2.29. The van der Waals surface area contributed by atoms with Crippen molar-refractivity contribution in [2.75, 3.05) is 0 Å². The molecule has 39 heavy (non-hydrogen) atoms. The lowest BCUT2D eigenvalue weighted by Crippen LogP contribution is -2.41. The van der Waals surface area contributed by atoms with Gasteiger partial charge in [0.15, 0.2) is 0 Å². The number of benzene rings is 4. The first-order valence-electron chi connectivity index (χ1n) is 11.9. The zero-order chi connectivity index (χ0) is 28.2. The fraction of sp³-hybridized carbons (Fsp3) is 0.207. The van der Waals surface area contributed by atoms with Gasteiger partial charge in [-0.2, -0.15) is 17.6 Å². The van der Waals surface area contributed by atoms with E-state index in [9.17, 15) is 36.2 Å². The highest BCUT2D eigenvalue weighted by atomic mass is 19.3. The maximum atomic E-state index is 14.2. The summed E-state index contributed by atoms with van der Waals surface area (Å²) < 4.78 is 83.7. The van der Waals surface area contributed by atoms with Crippen LogP contribution < -0.4 is 10.1 Å².